The Morgan fingerprint density at radius 2 is 1.82 bits per heavy atom. The molecule has 0 aliphatic heterocycles. The van der Waals surface area contributed by atoms with Gasteiger partial charge in [0.2, 0.25) is 14.8 Å². The molecule has 0 radical (unpaired) electrons. The maximum absolute atomic E-state index is 14.8. The summed E-state index contributed by atoms with van der Waals surface area (Å²) in [5.74, 6) is -0.704. The van der Waals surface area contributed by atoms with Gasteiger partial charge < -0.3 is 10.5 Å². The summed E-state index contributed by atoms with van der Waals surface area (Å²) in [7, 11) is -4.43. The maximum Gasteiger partial charge on any atom is 0.573 e. The van der Waals surface area contributed by atoms with Crippen molar-refractivity contribution in [3.63, 3.8) is 0 Å². The van der Waals surface area contributed by atoms with Crippen molar-refractivity contribution in [1.82, 2.24) is 0 Å². The van der Waals surface area contributed by atoms with Gasteiger partial charge in [-0.3, -0.25) is 0 Å². The van der Waals surface area contributed by atoms with Gasteiger partial charge in [0.05, 0.1) is 4.90 Å². The number of benzene rings is 1. The van der Waals surface area contributed by atoms with Gasteiger partial charge in [-0.2, -0.15) is 0 Å². The Morgan fingerprint density at radius 3 is 2.36 bits per heavy atom. The Balaban J connectivity index is 2.32. The molecule has 0 spiro atoms. The Morgan fingerprint density at radius 1 is 1.23 bits per heavy atom. The fourth-order valence-electron chi connectivity index (χ4n) is 2.39. The molecule has 1 aliphatic carbocycles. The van der Waals surface area contributed by atoms with Crippen LogP contribution >= 0.6 is 0 Å². The average molecular weight is 341 g/mol. The first-order valence-electron chi connectivity index (χ1n) is 6.58. The molecule has 0 saturated heterocycles. The summed E-state index contributed by atoms with van der Waals surface area (Å²) >= 11 is 0. The maximum atomic E-state index is 14.8. The van der Waals surface area contributed by atoms with E-state index < -0.39 is 31.8 Å². The summed E-state index contributed by atoms with van der Waals surface area (Å²) in [4.78, 5) is -0.535. The molecule has 0 amide bonds. The first kappa shape index (κ1) is 17.0. The topological polar surface area (TPSA) is 69.4 Å². The quantitative estimate of drug-likeness (QED) is 0.858. The van der Waals surface area contributed by atoms with Crippen molar-refractivity contribution in [3.8, 4) is 5.75 Å². The van der Waals surface area contributed by atoms with Crippen LogP contribution in [0.25, 0.3) is 0 Å². The molecule has 4 nitrogen and oxygen atoms in total. The number of hydrogen-bond acceptors (Lipinski definition) is 4. The Hall–Kier alpha value is -1.35. The highest BCUT2D eigenvalue weighted by Gasteiger charge is 2.47. The van der Waals surface area contributed by atoms with Crippen LogP contribution in [0, 0.1) is 0 Å². The largest absolute Gasteiger partial charge is 0.573 e. The highest BCUT2D eigenvalue weighted by molar-refractivity contribution is 7.92. The van der Waals surface area contributed by atoms with Crippen molar-refractivity contribution in [2.45, 2.75) is 48.0 Å². The van der Waals surface area contributed by atoms with Gasteiger partial charge in [0.1, 0.15) is 5.75 Å². The average Bonchev–Trinajstić information content (AvgIpc) is 2.40. The van der Waals surface area contributed by atoms with Crippen LogP contribution in [0.2, 0.25) is 0 Å². The molecule has 0 heterocycles. The van der Waals surface area contributed by atoms with Crippen molar-refractivity contribution in [2.24, 2.45) is 5.73 Å². The van der Waals surface area contributed by atoms with Crippen molar-refractivity contribution >= 4 is 9.84 Å². The van der Waals surface area contributed by atoms with Crippen molar-refractivity contribution in [3.05, 3.63) is 24.3 Å². The summed E-state index contributed by atoms with van der Waals surface area (Å²) in [6.45, 7) is 0. The third-order valence-electron chi connectivity index (χ3n) is 3.61. The van der Waals surface area contributed by atoms with Crippen LogP contribution in [0.3, 0.4) is 0 Å². The lowest BCUT2D eigenvalue weighted by molar-refractivity contribution is -0.274. The molecule has 1 saturated carbocycles. The molecule has 0 bridgehead atoms. The molecule has 2 rings (SSSR count). The van der Waals surface area contributed by atoms with Gasteiger partial charge in [-0.1, -0.05) is 6.07 Å². The lowest BCUT2D eigenvalue weighted by atomic mass is 9.94. The van der Waals surface area contributed by atoms with Crippen molar-refractivity contribution in [1.29, 1.82) is 0 Å². The highest BCUT2D eigenvalue weighted by Crippen LogP contribution is 2.40. The predicted molar refractivity (Wildman–Crippen MR) is 70.6 cm³/mol. The van der Waals surface area contributed by atoms with Gasteiger partial charge in [0, 0.05) is 6.04 Å². The SMILES string of the molecule is NC1CCC(F)(S(=O)(=O)c2cccc(OC(F)(F)F)c2)CC1. The second-order valence-corrected chi connectivity index (χ2v) is 7.46. The lowest BCUT2D eigenvalue weighted by Gasteiger charge is -2.32. The summed E-state index contributed by atoms with van der Waals surface area (Å²) < 4.78 is 79.8. The second-order valence-electron chi connectivity index (χ2n) is 5.25. The number of nitrogens with two attached hydrogens (primary N) is 1. The third-order valence-corrected chi connectivity index (χ3v) is 5.85. The van der Waals surface area contributed by atoms with Crippen molar-refractivity contribution < 1.29 is 30.7 Å². The molecule has 2 N–H and O–H groups in total. The summed E-state index contributed by atoms with van der Waals surface area (Å²) in [6.07, 6.45) is -5.10. The summed E-state index contributed by atoms with van der Waals surface area (Å²) in [5, 5.41) is -2.51. The van der Waals surface area contributed by atoms with Crippen LogP contribution in [0.15, 0.2) is 29.2 Å². The van der Waals surface area contributed by atoms with E-state index in [4.69, 9.17) is 5.73 Å². The molecule has 22 heavy (non-hydrogen) atoms. The molecule has 9 heteroatoms. The van der Waals surface area contributed by atoms with Gasteiger partial charge in [0.25, 0.3) is 0 Å². The summed E-state index contributed by atoms with van der Waals surface area (Å²) in [5.41, 5.74) is 5.62. The zero-order valence-corrected chi connectivity index (χ0v) is 12.3. The van der Waals surface area contributed by atoms with E-state index in [1.165, 1.54) is 0 Å². The van der Waals surface area contributed by atoms with E-state index in [-0.39, 0.29) is 31.7 Å². The van der Waals surface area contributed by atoms with E-state index in [0.717, 1.165) is 18.2 Å². The molecule has 0 unspecified atom stereocenters. The van der Waals surface area contributed by atoms with E-state index in [1.54, 1.807) is 0 Å². The van der Waals surface area contributed by atoms with Gasteiger partial charge in [-0.25, -0.2) is 12.8 Å². The van der Waals surface area contributed by atoms with Crippen LogP contribution in [0.5, 0.6) is 5.75 Å². The van der Waals surface area contributed by atoms with E-state index >= 15 is 0 Å². The van der Waals surface area contributed by atoms with E-state index in [1.807, 2.05) is 0 Å². The molecule has 1 aliphatic rings. The van der Waals surface area contributed by atoms with Gasteiger partial charge in [-0.15, -0.1) is 13.2 Å². The number of sulfone groups is 1. The van der Waals surface area contributed by atoms with Crippen LogP contribution in [0.1, 0.15) is 25.7 Å². The first-order valence-corrected chi connectivity index (χ1v) is 8.07. The minimum absolute atomic E-state index is 0.203. The number of alkyl halides is 4. The van der Waals surface area contributed by atoms with E-state index in [9.17, 15) is 26.0 Å². The molecular formula is C13H15F4NO3S. The van der Waals surface area contributed by atoms with Gasteiger partial charge in [0.15, 0.2) is 0 Å². The van der Waals surface area contributed by atoms with E-state index in [0.29, 0.717) is 6.07 Å². The number of hydrogen-bond donors (Lipinski definition) is 1. The van der Waals surface area contributed by atoms with Gasteiger partial charge in [-0.05, 0) is 43.9 Å². The Kier molecular flexibility index (Phi) is 4.40. The zero-order valence-electron chi connectivity index (χ0n) is 11.4. The standard InChI is InChI=1S/C13H15F4NO3S/c14-12(6-4-9(18)5-7-12)22(19,20)11-3-1-2-10(8-11)21-13(15,16)17/h1-3,8-9H,4-7,18H2. The molecule has 0 aromatic heterocycles. The normalized spacial score (nSPS) is 26.7. The third kappa shape index (κ3) is 3.52. The zero-order chi connectivity index (χ0) is 16.6. The molecular weight excluding hydrogens is 326 g/mol. The lowest BCUT2D eigenvalue weighted by Crippen LogP contribution is -2.41. The number of halogens is 4. The van der Waals surface area contributed by atoms with Gasteiger partial charge >= 0.3 is 6.36 Å². The molecule has 0 atom stereocenters. The summed E-state index contributed by atoms with van der Waals surface area (Å²) in [6, 6.07) is 3.49. The second kappa shape index (κ2) is 5.69. The Bertz CT molecular complexity index is 637. The monoisotopic (exact) mass is 341 g/mol. The van der Waals surface area contributed by atoms with Crippen LogP contribution in [0.4, 0.5) is 17.6 Å². The molecule has 124 valence electrons. The smallest absolute Gasteiger partial charge is 0.406 e. The number of rotatable bonds is 3. The molecule has 1 aromatic rings. The molecule has 1 fully saturated rings. The predicted octanol–water partition coefficient (Wildman–Crippen LogP) is 2.93. The Labute approximate surface area is 125 Å². The fourth-order valence-corrected chi connectivity index (χ4v) is 4.11. The van der Waals surface area contributed by atoms with Crippen LogP contribution in [-0.4, -0.2) is 25.8 Å². The first-order chi connectivity index (χ1) is 10.0. The molecule has 1 aromatic carbocycles. The van der Waals surface area contributed by atoms with Crippen LogP contribution in [-0.2, 0) is 9.84 Å². The van der Waals surface area contributed by atoms with Crippen molar-refractivity contribution in [2.75, 3.05) is 0 Å². The fraction of sp³-hybridized carbons (Fsp3) is 0.538. The minimum atomic E-state index is -4.95. The number of ether oxygens (including phenoxy) is 1. The minimum Gasteiger partial charge on any atom is -0.406 e. The van der Waals surface area contributed by atoms with E-state index in [2.05, 4.69) is 4.74 Å². The highest BCUT2D eigenvalue weighted by atomic mass is 32.2. The van der Waals surface area contributed by atoms with Crippen LogP contribution < -0.4 is 10.5 Å².